The van der Waals surface area contributed by atoms with Crippen LogP contribution in [0.15, 0.2) is 41.0 Å². The Hall–Kier alpha value is -1.06. The number of rotatable bonds is 2. The van der Waals surface area contributed by atoms with Crippen LogP contribution in [0.1, 0.15) is 30.1 Å². The fraction of sp³-hybridized carbons (Fsp3) is 0.267. The predicted molar refractivity (Wildman–Crippen MR) is 79.7 cm³/mol. The standard InChI is InChI=1S/C15H13BrClNO/c16-11-8-13(17)15(18-9-11)19-14-7-3-5-10-4-1-2-6-12(10)14/h1-2,4,6,8-9,14H,3,5,7H2. The SMILES string of the molecule is Clc1cc(Br)cnc1OC1CCCc2ccccc21. The molecule has 1 aromatic heterocycles. The van der Waals surface area contributed by atoms with Crippen molar-refractivity contribution in [1.82, 2.24) is 4.98 Å². The molecule has 0 saturated heterocycles. The van der Waals surface area contributed by atoms with Crippen molar-refractivity contribution in [2.24, 2.45) is 0 Å². The fourth-order valence-electron chi connectivity index (χ4n) is 2.46. The normalized spacial score (nSPS) is 17.9. The van der Waals surface area contributed by atoms with E-state index in [0.29, 0.717) is 10.9 Å². The van der Waals surface area contributed by atoms with Crippen molar-refractivity contribution in [2.45, 2.75) is 25.4 Å². The Kier molecular flexibility index (Phi) is 3.76. The third kappa shape index (κ3) is 2.77. The minimum absolute atomic E-state index is 0.0520. The minimum atomic E-state index is 0.0520. The number of benzene rings is 1. The van der Waals surface area contributed by atoms with E-state index in [1.54, 1.807) is 12.3 Å². The molecule has 3 rings (SSSR count). The van der Waals surface area contributed by atoms with Gasteiger partial charge in [0.15, 0.2) is 0 Å². The Morgan fingerprint density at radius 1 is 1.32 bits per heavy atom. The number of aryl methyl sites for hydroxylation is 1. The van der Waals surface area contributed by atoms with Gasteiger partial charge in [-0.1, -0.05) is 35.9 Å². The van der Waals surface area contributed by atoms with Crippen LogP contribution < -0.4 is 4.74 Å². The largest absolute Gasteiger partial charge is 0.468 e. The van der Waals surface area contributed by atoms with E-state index in [0.717, 1.165) is 23.7 Å². The third-order valence-corrected chi connectivity index (χ3v) is 4.05. The van der Waals surface area contributed by atoms with Gasteiger partial charge >= 0.3 is 0 Å². The van der Waals surface area contributed by atoms with Gasteiger partial charge < -0.3 is 4.74 Å². The monoisotopic (exact) mass is 337 g/mol. The van der Waals surface area contributed by atoms with E-state index >= 15 is 0 Å². The highest BCUT2D eigenvalue weighted by molar-refractivity contribution is 9.10. The van der Waals surface area contributed by atoms with Gasteiger partial charge in [-0.2, -0.15) is 0 Å². The molecular formula is C15H13BrClNO. The van der Waals surface area contributed by atoms with Crippen molar-refractivity contribution in [3.05, 3.63) is 57.2 Å². The third-order valence-electron chi connectivity index (χ3n) is 3.34. The molecule has 0 saturated carbocycles. The minimum Gasteiger partial charge on any atom is -0.468 e. The highest BCUT2D eigenvalue weighted by Crippen LogP contribution is 2.35. The van der Waals surface area contributed by atoms with Crippen LogP contribution in [0.3, 0.4) is 0 Å². The number of ether oxygens (including phenoxy) is 1. The van der Waals surface area contributed by atoms with E-state index in [1.165, 1.54) is 11.1 Å². The van der Waals surface area contributed by atoms with Crippen molar-refractivity contribution in [1.29, 1.82) is 0 Å². The Bertz CT molecular complexity index is 602. The molecule has 98 valence electrons. The van der Waals surface area contributed by atoms with Gasteiger partial charge in [0.25, 0.3) is 0 Å². The second-order valence-electron chi connectivity index (χ2n) is 4.64. The van der Waals surface area contributed by atoms with Crippen molar-refractivity contribution >= 4 is 27.5 Å². The summed E-state index contributed by atoms with van der Waals surface area (Å²) in [7, 11) is 0. The van der Waals surface area contributed by atoms with Crippen LogP contribution in [0.4, 0.5) is 0 Å². The molecule has 0 amide bonds. The maximum atomic E-state index is 6.16. The van der Waals surface area contributed by atoms with Crippen LogP contribution in [0, 0.1) is 0 Å². The van der Waals surface area contributed by atoms with Crippen molar-refractivity contribution in [2.75, 3.05) is 0 Å². The average molecular weight is 339 g/mol. The molecule has 1 atom stereocenters. The summed E-state index contributed by atoms with van der Waals surface area (Å²) in [6, 6.07) is 10.2. The van der Waals surface area contributed by atoms with Gasteiger partial charge in [0.1, 0.15) is 11.1 Å². The number of halogens is 2. The second kappa shape index (κ2) is 5.51. The number of nitrogens with zero attached hydrogens (tertiary/aromatic N) is 1. The van der Waals surface area contributed by atoms with E-state index in [2.05, 4.69) is 45.2 Å². The lowest BCUT2D eigenvalue weighted by Crippen LogP contribution is -2.15. The number of fused-ring (bicyclic) bond motifs is 1. The van der Waals surface area contributed by atoms with Crippen LogP contribution in [0.25, 0.3) is 0 Å². The van der Waals surface area contributed by atoms with Crippen LogP contribution in [0.5, 0.6) is 5.88 Å². The quantitative estimate of drug-likeness (QED) is 0.772. The molecule has 2 aromatic rings. The maximum Gasteiger partial charge on any atom is 0.233 e. The molecule has 0 N–H and O–H groups in total. The predicted octanol–water partition coefficient (Wildman–Crippen LogP) is 4.95. The molecule has 0 fully saturated rings. The highest BCUT2D eigenvalue weighted by Gasteiger charge is 2.22. The zero-order valence-electron chi connectivity index (χ0n) is 10.3. The molecular weight excluding hydrogens is 326 g/mol. The van der Waals surface area contributed by atoms with E-state index in [-0.39, 0.29) is 6.10 Å². The molecule has 1 heterocycles. The molecule has 1 aromatic carbocycles. The summed E-state index contributed by atoms with van der Waals surface area (Å²) in [6.45, 7) is 0. The highest BCUT2D eigenvalue weighted by atomic mass is 79.9. The van der Waals surface area contributed by atoms with Gasteiger partial charge in [0.05, 0.1) is 0 Å². The van der Waals surface area contributed by atoms with Crippen molar-refractivity contribution in [3.8, 4) is 5.88 Å². The molecule has 0 bridgehead atoms. The Balaban J connectivity index is 1.88. The first-order valence-electron chi connectivity index (χ1n) is 6.29. The number of aromatic nitrogens is 1. The summed E-state index contributed by atoms with van der Waals surface area (Å²) in [5.41, 5.74) is 2.63. The summed E-state index contributed by atoms with van der Waals surface area (Å²) < 4.78 is 6.86. The average Bonchev–Trinajstić information content (AvgIpc) is 2.42. The topological polar surface area (TPSA) is 22.1 Å². The van der Waals surface area contributed by atoms with Crippen molar-refractivity contribution in [3.63, 3.8) is 0 Å². The number of hydrogen-bond donors (Lipinski definition) is 0. The first-order chi connectivity index (χ1) is 9.24. The molecule has 0 radical (unpaired) electrons. The summed E-state index contributed by atoms with van der Waals surface area (Å²) in [5.74, 6) is 0.506. The van der Waals surface area contributed by atoms with Crippen molar-refractivity contribution < 1.29 is 4.74 Å². The molecule has 0 aliphatic heterocycles. The zero-order chi connectivity index (χ0) is 13.2. The Labute approximate surface area is 125 Å². The molecule has 4 heteroatoms. The Morgan fingerprint density at radius 2 is 2.16 bits per heavy atom. The van der Waals surface area contributed by atoms with Crippen LogP contribution in [-0.2, 0) is 6.42 Å². The molecule has 1 aliphatic rings. The van der Waals surface area contributed by atoms with Crippen LogP contribution in [0.2, 0.25) is 5.02 Å². The summed E-state index contributed by atoms with van der Waals surface area (Å²) in [5, 5.41) is 0.539. The van der Waals surface area contributed by atoms with E-state index < -0.39 is 0 Å². The molecule has 1 aliphatic carbocycles. The summed E-state index contributed by atoms with van der Waals surface area (Å²) in [4.78, 5) is 4.24. The number of hydrogen-bond acceptors (Lipinski definition) is 2. The lowest BCUT2D eigenvalue weighted by atomic mass is 9.89. The van der Waals surface area contributed by atoms with Gasteiger partial charge in [-0.15, -0.1) is 0 Å². The fourth-order valence-corrected chi connectivity index (χ4v) is 3.13. The lowest BCUT2D eigenvalue weighted by Gasteiger charge is -2.26. The van der Waals surface area contributed by atoms with E-state index in [9.17, 15) is 0 Å². The van der Waals surface area contributed by atoms with E-state index in [4.69, 9.17) is 16.3 Å². The van der Waals surface area contributed by atoms with Crippen LogP contribution >= 0.6 is 27.5 Å². The first kappa shape index (κ1) is 12.9. The zero-order valence-corrected chi connectivity index (χ0v) is 12.6. The second-order valence-corrected chi connectivity index (χ2v) is 5.96. The Morgan fingerprint density at radius 3 is 3.00 bits per heavy atom. The van der Waals surface area contributed by atoms with E-state index in [1.807, 2.05) is 0 Å². The molecule has 19 heavy (non-hydrogen) atoms. The first-order valence-corrected chi connectivity index (χ1v) is 7.46. The number of pyridine rings is 1. The van der Waals surface area contributed by atoms with Gasteiger partial charge in [-0.05, 0) is 52.4 Å². The van der Waals surface area contributed by atoms with Crippen LogP contribution in [-0.4, -0.2) is 4.98 Å². The maximum absolute atomic E-state index is 6.16. The lowest BCUT2D eigenvalue weighted by molar-refractivity contribution is 0.176. The molecule has 2 nitrogen and oxygen atoms in total. The summed E-state index contributed by atoms with van der Waals surface area (Å²) in [6.07, 6.45) is 5.02. The molecule has 0 spiro atoms. The van der Waals surface area contributed by atoms with Gasteiger partial charge in [0.2, 0.25) is 5.88 Å². The van der Waals surface area contributed by atoms with Gasteiger partial charge in [-0.3, -0.25) is 0 Å². The van der Waals surface area contributed by atoms with Gasteiger partial charge in [-0.25, -0.2) is 4.98 Å². The van der Waals surface area contributed by atoms with Gasteiger partial charge in [0, 0.05) is 10.7 Å². The summed E-state index contributed by atoms with van der Waals surface area (Å²) >= 11 is 9.50. The smallest absolute Gasteiger partial charge is 0.233 e. The molecule has 1 unspecified atom stereocenters.